The van der Waals surface area contributed by atoms with Crippen LogP contribution in [0.5, 0.6) is 5.88 Å². The lowest BCUT2D eigenvalue weighted by Crippen LogP contribution is -2.26. The molecule has 0 atom stereocenters. The number of hydrogen-bond donors (Lipinski definition) is 1. The number of anilines is 1. The van der Waals surface area contributed by atoms with Gasteiger partial charge in [-0.05, 0) is 50.2 Å². The highest BCUT2D eigenvalue weighted by atomic mass is 16.5. The molecule has 142 valence electrons. The zero-order valence-corrected chi connectivity index (χ0v) is 16.5. The van der Waals surface area contributed by atoms with Crippen molar-refractivity contribution >= 4 is 16.9 Å². The minimum atomic E-state index is 0.445. The van der Waals surface area contributed by atoms with Crippen LogP contribution in [-0.2, 0) is 7.05 Å². The van der Waals surface area contributed by atoms with Crippen LogP contribution in [0.25, 0.3) is 22.0 Å². The summed E-state index contributed by atoms with van der Waals surface area (Å²) >= 11 is 0. The highest BCUT2D eigenvalue weighted by Crippen LogP contribution is 2.34. The van der Waals surface area contributed by atoms with Crippen molar-refractivity contribution in [3.63, 3.8) is 0 Å². The van der Waals surface area contributed by atoms with E-state index < -0.39 is 0 Å². The van der Waals surface area contributed by atoms with Gasteiger partial charge in [0.15, 0.2) is 0 Å². The van der Waals surface area contributed by atoms with Crippen LogP contribution in [0.15, 0.2) is 24.4 Å². The van der Waals surface area contributed by atoms with Crippen LogP contribution < -0.4 is 10.1 Å². The fraction of sp³-hybridized carbons (Fsp3) is 0.476. The second kappa shape index (κ2) is 7.18. The Morgan fingerprint density at radius 1 is 1.15 bits per heavy atom. The Labute approximate surface area is 160 Å². The molecule has 4 rings (SSSR count). The topological polar surface area (TPSA) is 64.9 Å². The minimum Gasteiger partial charge on any atom is -0.480 e. The molecule has 1 fully saturated rings. The van der Waals surface area contributed by atoms with Crippen molar-refractivity contribution in [1.82, 2.24) is 19.7 Å². The summed E-state index contributed by atoms with van der Waals surface area (Å²) in [6, 6.07) is 6.67. The number of benzene rings is 1. The summed E-state index contributed by atoms with van der Waals surface area (Å²) in [6.07, 6.45) is 6.87. The molecule has 0 bridgehead atoms. The number of rotatable bonds is 4. The van der Waals surface area contributed by atoms with E-state index in [1.165, 1.54) is 25.7 Å². The third-order valence-electron chi connectivity index (χ3n) is 5.51. The highest BCUT2D eigenvalue weighted by Gasteiger charge is 2.21. The number of methoxy groups -OCH3 is 1. The number of aryl methyl sites for hydroxylation is 2. The van der Waals surface area contributed by atoms with E-state index in [2.05, 4.69) is 40.5 Å². The largest absolute Gasteiger partial charge is 0.480 e. The van der Waals surface area contributed by atoms with E-state index in [0.29, 0.717) is 17.9 Å². The maximum atomic E-state index is 5.63. The van der Waals surface area contributed by atoms with E-state index in [1.807, 2.05) is 24.9 Å². The van der Waals surface area contributed by atoms with Gasteiger partial charge in [0.25, 0.3) is 0 Å². The van der Waals surface area contributed by atoms with Crippen molar-refractivity contribution in [1.29, 1.82) is 0 Å². The average Bonchev–Trinajstić information content (AvgIpc) is 3.02. The molecule has 1 aliphatic rings. The predicted octanol–water partition coefficient (Wildman–Crippen LogP) is 4.34. The molecule has 0 amide bonds. The van der Waals surface area contributed by atoms with Crippen LogP contribution >= 0.6 is 0 Å². The second-order valence-electron chi connectivity index (χ2n) is 7.69. The lowest BCUT2D eigenvalue weighted by atomic mass is 9.87. The lowest BCUT2D eigenvalue weighted by molar-refractivity contribution is 0.359. The number of hydrogen-bond acceptors (Lipinski definition) is 5. The lowest BCUT2D eigenvalue weighted by Gasteiger charge is -2.27. The molecule has 1 N–H and O–H groups in total. The molecule has 0 aliphatic heterocycles. The van der Waals surface area contributed by atoms with Gasteiger partial charge in [-0.3, -0.25) is 4.68 Å². The predicted molar refractivity (Wildman–Crippen MR) is 108 cm³/mol. The molecule has 6 nitrogen and oxygen atoms in total. The Kier molecular flexibility index (Phi) is 4.72. The summed E-state index contributed by atoms with van der Waals surface area (Å²) in [5.41, 5.74) is 3.81. The molecular weight excluding hydrogens is 338 g/mol. The summed E-state index contributed by atoms with van der Waals surface area (Å²) in [7, 11) is 3.59. The quantitative estimate of drug-likeness (QED) is 0.745. The number of aromatic nitrogens is 4. The summed E-state index contributed by atoms with van der Waals surface area (Å²) in [5, 5.41) is 9.13. The van der Waals surface area contributed by atoms with E-state index in [9.17, 15) is 0 Å². The van der Waals surface area contributed by atoms with Crippen LogP contribution in [0.1, 0.15) is 38.3 Å². The fourth-order valence-corrected chi connectivity index (χ4v) is 3.97. The smallest absolute Gasteiger partial charge is 0.226 e. The SMILES string of the molecule is COc1nc(N[C@H]2CC[C@H](C)CC2)nc(C)c1-c1ccc2cn(C)nc2c1. The molecule has 2 heterocycles. The molecule has 0 radical (unpaired) electrons. The van der Waals surface area contributed by atoms with Gasteiger partial charge in [0.1, 0.15) is 0 Å². The van der Waals surface area contributed by atoms with E-state index in [-0.39, 0.29) is 0 Å². The Balaban J connectivity index is 1.66. The standard InChI is InChI=1S/C21H27N5O/c1-13-5-9-17(10-6-13)23-21-22-14(2)19(20(24-21)27-4)15-7-8-16-12-26(3)25-18(16)11-15/h7-8,11-13,17H,5-6,9-10H2,1-4H3,(H,22,23,24)/t13-,17-. The van der Waals surface area contributed by atoms with Crippen LogP contribution in [-0.4, -0.2) is 32.9 Å². The van der Waals surface area contributed by atoms with Gasteiger partial charge in [-0.25, -0.2) is 4.98 Å². The molecule has 1 aliphatic carbocycles. The van der Waals surface area contributed by atoms with Gasteiger partial charge in [0.2, 0.25) is 11.8 Å². The minimum absolute atomic E-state index is 0.445. The van der Waals surface area contributed by atoms with Crippen molar-refractivity contribution < 1.29 is 4.74 Å². The molecule has 1 aromatic carbocycles. The molecule has 3 aromatic rings. The molecule has 0 spiro atoms. The van der Waals surface area contributed by atoms with Gasteiger partial charge in [0, 0.05) is 24.7 Å². The van der Waals surface area contributed by atoms with E-state index in [4.69, 9.17) is 9.72 Å². The molecule has 0 unspecified atom stereocenters. The van der Waals surface area contributed by atoms with Crippen LogP contribution in [0.2, 0.25) is 0 Å². The number of fused-ring (bicyclic) bond motifs is 1. The van der Waals surface area contributed by atoms with Crippen molar-refractivity contribution in [2.24, 2.45) is 13.0 Å². The van der Waals surface area contributed by atoms with Crippen LogP contribution in [0.3, 0.4) is 0 Å². The normalized spacial score (nSPS) is 20.0. The summed E-state index contributed by atoms with van der Waals surface area (Å²) in [6.45, 7) is 4.34. The van der Waals surface area contributed by atoms with Gasteiger partial charge < -0.3 is 10.1 Å². The number of nitrogens with one attached hydrogen (secondary N) is 1. The number of nitrogens with zero attached hydrogens (tertiary/aromatic N) is 4. The first-order valence-corrected chi connectivity index (χ1v) is 9.66. The molecule has 2 aromatic heterocycles. The van der Waals surface area contributed by atoms with Crippen molar-refractivity contribution in [3.8, 4) is 17.0 Å². The van der Waals surface area contributed by atoms with Gasteiger partial charge in [-0.2, -0.15) is 10.1 Å². The Morgan fingerprint density at radius 2 is 1.93 bits per heavy atom. The highest BCUT2D eigenvalue weighted by molar-refractivity contribution is 5.85. The average molecular weight is 365 g/mol. The van der Waals surface area contributed by atoms with E-state index >= 15 is 0 Å². The fourth-order valence-electron chi connectivity index (χ4n) is 3.97. The first-order chi connectivity index (χ1) is 13.0. The summed E-state index contributed by atoms with van der Waals surface area (Å²) < 4.78 is 7.45. The van der Waals surface area contributed by atoms with Crippen LogP contribution in [0, 0.1) is 12.8 Å². The summed E-state index contributed by atoms with van der Waals surface area (Å²) in [4.78, 5) is 9.39. The maximum Gasteiger partial charge on any atom is 0.226 e. The van der Waals surface area contributed by atoms with Gasteiger partial charge in [0.05, 0.1) is 23.9 Å². The second-order valence-corrected chi connectivity index (χ2v) is 7.69. The molecule has 27 heavy (non-hydrogen) atoms. The molecule has 6 heteroatoms. The third-order valence-corrected chi connectivity index (χ3v) is 5.51. The van der Waals surface area contributed by atoms with Gasteiger partial charge in [-0.1, -0.05) is 19.1 Å². The zero-order chi connectivity index (χ0) is 19.0. The monoisotopic (exact) mass is 365 g/mol. The Hall–Kier alpha value is -2.63. The van der Waals surface area contributed by atoms with Crippen LogP contribution in [0.4, 0.5) is 5.95 Å². The molecule has 1 saturated carbocycles. The van der Waals surface area contributed by atoms with Gasteiger partial charge in [-0.15, -0.1) is 0 Å². The first kappa shape index (κ1) is 17.8. The van der Waals surface area contributed by atoms with Crippen molar-refractivity contribution in [3.05, 3.63) is 30.1 Å². The third kappa shape index (κ3) is 3.61. The summed E-state index contributed by atoms with van der Waals surface area (Å²) in [5.74, 6) is 2.08. The van der Waals surface area contributed by atoms with Gasteiger partial charge >= 0.3 is 0 Å². The Morgan fingerprint density at radius 3 is 2.67 bits per heavy atom. The maximum absolute atomic E-state index is 5.63. The first-order valence-electron chi connectivity index (χ1n) is 9.66. The molecule has 0 saturated heterocycles. The zero-order valence-electron chi connectivity index (χ0n) is 16.5. The van der Waals surface area contributed by atoms with E-state index in [1.54, 1.807) is 7.11 Å². The van der Waals surface area contributed by atoms with Crippen molar-refractivity contribution in [2.45, 2.75) is 45.6 Å². The van der Waals surface area contributed by atoms with E-state index in [0.717, 1.165) is 33.6 Å². The Bertz CT molecular complexity index is 957. The number of ether oxygens (including phenoxy) is 1. The molecular formula is C21H27N5O. The van der Waals surface area contributed by atoms with Crippen molar-refractivity contribution in [2.75, 3.05) is 12.4 Å².